The summed E-state index contributed by atoms with van der Waals surface area (Å²) in [5, 5.41) is 0. The number of hydrogen-bond acceptors (Lipinski definition) is 3. The van der Waals surface area contributed by atoms with Crippen molar-refractivity contribution in [2.45, 2.75) is 6.42 Å². The van der Waals surface area contributed by atoms with Crippen molar-refractivity contribution >= 4 is 17.1 Å². The first-order valence-electron chi connectivity index (χ1n) is 9.11. The van der Waals surface area contributed by atoms with Crippen molar-refractivity contribution in [3.8, 4) is 5.75 Å². The smallest absolute Gasteiger partial charge is 0.174 e. The molecule has 3 rings (SSSR count). The molecule has 0 N–H and O–H groups in total. The zero-order valence-electron chi connectivity index (χ0n) is 15.8. The standard InChI is InChI=1S/C25H22O3/c1-18(21-14-9-15-22(17-21)28-2)16-23(24(26)19-10-5-3-6-11-19)25(27)20-12-7-4-8-13-20/h3-15,17,23H,1,16H2,2H3. The van der Waals surface area contributed by atoms with Crippen LogP contribution in [0, 0.1) is 5.92 Å². The third kappa shape index (κ3) is 4.44. The van der Waals surface area contributed by atoms with Crippen LogP contribution in [0.3, 0.4) is 0 Å². The lowest BCUT2D eigenvalue weighted by atomic mass is 9.84. The molecule has 0 aromatic heterocycles. The number of ketones is 2. The predicted molar refractivity (Wildman–Crippen MR) is 112 cm³/mol. The minimum Gasteiger partial charge on any atom is -0.497 e. The van der Waals surface area contributed by atoms with Crippen molar-refractivity contribution in [1.82, 2.24) is 0 Å². The summed E-state index contributed by atoms with van der Waals surface area (Å²) in [6.45, 7) is 4.13. The van der Waals surface area contributed by atoms with E-state index < -0.39 is 5.92 Å². The number of carbonyl (C=O) groups is 2. The zero-order valence-corrected chi connectivity index (χ0v) is 15.8. The maximum absolute atomic E-state index is 13.2. The van der Waals surface area contributed by atoms with Crippen molar-refractivity contribution in [1.29, 1.82) is 0 Å². The number of rotatable bonds is 8. The zero-order chi connectivity index (χ0) is 19.9. The third-order valence-electron chi connectivity index (χ3n) is 4.68. The molecular formula is C25H22O3. The Bertz CT molecular complexity index is 923. The van der Waals surface area contributed by atoms with E-state index in [2.05, 4.69) is 6.58 Å². The molecule has 0 radical (unpaired) electrons. The van der Waals surface area contributed by atoms with Crippen molar-refractivity contribution in [2.24, 2.45) is 5.92 Å². The molecular weight excluding hydrogens is 348 g/mol. The summed E-state index contributed by atoms with van der Waals surface area (Å²) < 4.78 is 5.27. The summed E-state index contributed by atoms with van der Waals surface area (Å²) in [6.07, 6.45) is 0.245. The molecule has 0 unspecified atom stereocenters. The lowest BCUT2D eigenvalue weighted by molar-refractivity contribution is 0.0810. The second-order valence-corrected chi connectivity index (χ2v) is 6.55. The van der Waals surface area contributed by atoms with Crippen LogP contribution in [-0.2, 0) is 0 Å². The van der Waals surface area contributed by atoms with Gasteiger partial charge in [-0.05, 0) is 29.7 Å². The van der Waals surface area contributed by atoms with Gasteiger partial charge in [-0.2, -0.15) is 0 Å². The average molecular weight is 370 g/mol. The van der Waals surface area contributed by atoms with Crippen LogP contribution in [0.2, 0.25) is 0 Å². The maximum Gasteiger partial charge on any atom is 0.174 e. The van der Waals surface area contributed by atoms with Gasteiger partial charge in [-0.3, -0.25) is 9.59 Å². The number of Topliss-reactive ketones (excluding diaryl/α,β-unsaturated/α-hetero) is 2. The number of allylic oxidation sites excluding steroid dienone is 1. The van der Waals surface area contributed by atoms with Crippen molar-refractivity contribution in [2.75, 3.05) is 7.11 Å². The first-order chi connectivity index (χ1) is 13.6. The van der Waals surface area contributed by atoms with E-state index in [9.17, 15) is 9.59 Å². The van der Waals surface area contributed by atoms with Crippen LogP contribution in [0.25, 0.3) is 5.57 Å². The fraction of sp³-hybridized carbons (Fsp3) is 0.120. The Balaban J connectivity index is 1.92. The summed E-state index contributed by atoms with van der Waals surface area (Å²) in [5.74, 6) is -0.514. The van der Waals surface area contributed by atoms with E-state index in [4.69, 9.17) is 4.74 Å². The summed E-state index contributed by atoms with van der Waals surface area (Å²) in [4.78, 5) is 26.3. The summed E-state index contributed by atoms with van der Waals surface area (Å²) in [7, 11) is 1.60. The van der Waals surface area contributed by atoms with Crippen LogP contribution < -0.4 is 4.74 Å². The number of carbonyl (C=O) groups excluding carboxylic acids is 2. The Morgan fingerprint density at radius 1 is 0.786 bits per heavy atom. The molecule has 28 heavy (non-hydrogen) atoms. The highest BCUT2D eigenvalue weighted by Crippen LogP contribution is 2.28. The number of hydrogen-bond donors (Lipinski definition) is 0. The quantitative estimate of drug-likeness (QED) is 0.389. The normalized spacial score (nSPS) is 10.5. The Kier molecular flexibility index (Phi) is 6.18. The predicted octanol–water partition coefficient (Wildman–Crippen LogP) is 5.48. The highest BCUT2D eigenvalue weighted by Gasteiger charge is 2.29. The van der Waals surface area contributed by atoms with Gasteiger partial charge in [-0.25, -0.2) is 0 Å². The van der Waals surface area contributed by atoms with Gasteiger partial charge in [0.15, 0.2) is 11.6 Å². The highest BCUT2D eigenvalue weighted by atomic mass is 16.5. The Morgan fingerprint density at radius 2 is 1.29 bits per heavy atom. The molecule has 3 nitrogen and oxygen atoms in total. The fourth-order valence-corrected chi connectivity index (χ4v) is 3.12. The lowest BCUT2D eigenvalue weighted by Gasteiger charge is -2.17. The van der Waals surface area contributed by atoms with E-state index in [1.807, 2.05) is 36.4 Å². The van der Waals surface area contributed by atoms with E-state index in [0.717, 1.165) is 11.1 Å². The number of methoxy groups -OCH3 is 1. The van der Waals surface area contributed by atoms with Crippen molar-refractivity contribution < 1.29 is 14.3 Å². The SMILES string of the molecule is C=C(CC(C(=O)c1ccccc1)C(=O)c1ccccc1)c1cccc(OC)c1. The first-order valence-corrected chi connectivity index (χ1v) is 9.11. The molecule has 0 atom stereocenters. The topological polar surface area (TPSA) is 43.4 Å². The molecule has 0 aliphatic heterocycles. The number of ether oxygens (including phenoxy) is 1. The molecule has 140 valence electrons. The molecule has 0 bridgehead atoms. The minimum absolute atomic E-state index is 0.196. The second-order valence-electron chi connectivity index (χ2n) is 6.55. The molecule has 0 amide bonds. The van der Waals surface area contributed by atoms with E-state index in [1.54, 1.807) is 55.6 Å². The summed E-state index contributed by atoms with van der Waals surface area (Å²) >= 11 is 0. The molecule has 0 fully saturated rings. The molecule has 3 heteroatoms. The van der Waals surface area contributed by atoms with Crippen LogP contribution in [0.4, 0.5) is 0 Å². The van der Waals surface area contributed by atoms with E-state index in [1.165, 1.54) is 0 Å². The molecule has 3 aromatic carbocycles. The Morgan fingerprint density at radius 3 is 1.79 bits per heavy atom. The van der Waals surface area contributed by atoms with Crippen molar-refractivity contribution in [3.05, 3.63) is 108 Å². The van der Waals surface area contributed by atoms with Crippen molar-refractivity contribution in [3.63, 3.8) is 0 Å². The largest absolute Gasteiger partial charge is 0.497 e. The van der Waals surface area contributed by atoms with Gasteiger partial charge >= 0.3 is 0 Å². The summed E-state index contributed by atoms with van der Waals surface area (Å²) in [6, 6.07) is 25.3. The molecule has 0 heterocycles. The van der Waals surface area contributed by atoms with E-state index in [-0.39, 0.29) is 18.0 Å². The highest BCUT2D eigenvalue weighted by molar-refractivity contribution is 6.16. The molecule has 3 aromatic rings. The Hall–Kier alpha value is -3.46. The summed E-state index contributed by atoms with van der Waals surface area (Å²) in [5.41, 5.74) is 2.62. The van der Waals surface area contributed by atoms with Crippen LogP contribution >= 0.6 is 0 Å². The van der Waals surface area contributed by atoms with E-state index >= 15 is 0 Å². The van der Waals surface area contributed by atoms with Crippen LogP contribution in [0.5, 0.6) is 5.75 Å². The van der Waals surface area contributed by atoms with Gasteiger partial charge in [0.25, 0.3) is 0 Å². The van der Waals surface area contributed by atoms with Crippen LogP contribution in [0.1, 0.15) is 32.7 Å². The Labute approximate surface area is 165 Å². The molecule has 0 saturated carbocycles. The molecule has 0 aliphatic rings. The molecule has 0 aliphatic carbocycles. The second kappa shape index (κ2) is 8.96. The van der Waals surface area contributed by atoms with Crippen LogP contribution in [0.15, 0.2) is 91.5 Å². The van der Waals surface area contributed by atoms with Gasteiger partial charge in [0.1, 0.15) is 5.75 Å². The third-order valence-corrected chi connectivity index (χ3v) is 4.68. The van der Waals surface area contributed by atoms with Crippen LogP contribution in [-0.4, -0.2) is 18.7 Å². The lowest BCUT2D eigenvalue weighted by Crippen LogP contribution is -2.25. The first kappa shape index (κ1) is 19.3. The number of benzene rings is 3. The maximum atomic E-state index is 13.2. The van der Waals surface area contributed by atoms with Gasteiger partial charge in [0, 0.05) is 11.1 Å². The molecule has 0 saturated heterocycles. The van der Waals surface area contributed by atoms with Gasteiger partial charge in [0.2, 0.25) is 0 Å². The monoisotopic (exact) mass is 370 g/mol. The van der Waals surface area contributed by atoms with Gasteiger partial charge in [0.05, 0.1) is 13.0 Å². The minimum atomic E-state index is -0.830. The van der Waals surface area contributed by atoms with E-state index in [0.29, 0.717) is 16.9 Å². The van der Waals surface area contributed by atoms with Gasteiger partial charge in [-0.15, -0.1) is 0 Å². The van der Waals surface area contributed by atoms with Gasteiger partial charge < -0.3 is 4.74 Å². The fourth-order valence-electron chi connectivity index (χ4n) is 3.12. The van der Waals surface area contributed by atoms with Gasteiger partial charge in [-0.1, -0.05) is 79.4 Å². The average Bonchev–Trinajstić information content (AvgIpc) is 2.77. The molecule has 0 spiro atoms.